The second-order valence-electron chi connectivity index (χ2n) is 3.78. The number of esters is 1. The molecule has 5 heteroatoms. The molecule has 0 saturated carbocycles. The van der Waals surface area contributed by atoms with Gasteiger partial charge in [-0.3, -0.25) is 4.79 Å². The summed E-state index contributed by atoms with van der Waals surface area (Å²) in [5.41, 5.74) is 0.807. The van der Waals surface area contributed by atoms with Gasteiger partial charge >= 0.3 is 12.1 Å². The molecule has 1 amide bonds. The van der Waals surface area contributed by atoms with Crippen LogP contribution >= 0.6 is 0 Å². The molecule has 0 aliphatic carbocycles. The lowest BCUT2D eigenvalue weighted by Crippen LogP contribution is -2.30. The number of benzene rings is 1. The van der Waals surface area contributed by atoms with E-state index in [4.69, 9.17) is 9.47 Å². The highest BCUT2D eigenvalue weighted by atomic mass is 16.6. The molecule has 0 radical (unpaired) electrons. The number of amides is 1. The van der Waals surface area contributed by atoms with Crippen molar-refractivity contribution in [3.05, 3.63) is 48.6 Å². The zero-order valence-corrected chi connectivity index (χ0v) is 10.8. The molecule has 1 unspecified atom stereocenters. The first-order valence-electron chi connectivity index (χ1n) is 5.87. The zero-order chi connectivity index (χ0) is 14.1. The van der Waals surface area contributed by atoms with Crippen LogP contribution in [0.1, 0.15) is 18.6 Å². The van der Waals surface area contributed by atoms with Gasteiger partial charge in [-0.1, -0.05) is 43.0 Å². The number of hydrogen-bond acceptors (Lipinski definition) is 4. The van der Waals surface area contributed by atoms with E-state index in [1.165, 1.54) is 13.0 Å². The second-order valence-corrected chi connectivity index (χ2v) is 3.78. The number of alkyl carbamates (subject to hydrolysis) is 1. The van der Waals surface area contributed by atoms with Gasteiger partial charge < -0.3 is 14.8 Å². The van der Waals surface area contributed by atoms with Crippen molar-refractivity contribution in [3.63, 3.8) is 0 Å². The molecule has 1 rings (SSSR count). The van der Waals surface area contributed by atoms with E-state index in [1.807, 2.05) is 30.3 Å². The number of hydrogen-bond donors (Lipinski definition) is 1. The zero-order valence-electron chi connectivity index (χ0n) is 10.8. The molecule has 19 heavy (non-hydrogen) atoms. The number of carbonyl (C=O) groups excluding carboxylic acids is 2. The molecule has 0 fully saturated rings. The summed E-state index contributed by atoms with van der Waals surface area (Å²) in [6, 6.07) is 9.18. The summed E-state index contributed by atoms with van der Waals surface area (Å²) in [6.07, 6.45) is 0.364. The monoisotopic (exact) mass is 263 g/mol. The Morgan fingerprint density at radius 2 is 2.05 bits per heavy atom. The van der Waals surface area contributed by atoms with Crippen LogP contribution in [0.5, 0.6) is 0 Å². The third-order valence-electron chi connectivity index (χ3n) is 2.24. The molecule has 0 heterocycles. The standard InChI is InChI=1S/C14H17NO4/c1-3-9-18-14(17)15-10-13(19-11(2)16)12-7-5-4-6-8-12/h3-8,13H,1,9-10H2,2H3,(H,15,17). The first-order chi connectivity index (χ1) is 9.13. The van der Waals surface area contributed by atoms with Crippen LogP contribution in [0.3, 0.4) is 0 Å². The van der Waals surface area contributed by atoms with Crippen LogP contribution in [-0.2, 0) is 14.3 Å². The van der Waals surface area contributed by atoms with Crippen LogP contribution in [0.15, 0.2) is 43.0 Å². The summed E-state index contributed by atoms with van der Waals surface area (Å²) in [5.74, 6) is -0.407. The van der Waals surface area contributed by atoms with E-state index >= 15 is 0 Å². The number of carbonyl (C=O) groups is 2. The summed E-state index contributed by atoms with van der Waals surface area (Å²) in [4.78, 5) is 22.4. The summed E-state index contributed by atoms with van der Waals surface area (Å²) in [7, 11) is 0. The van der Waals surface area contributed by atoms with E-state index in [-0.39, 0.29) is 13.2 Å². The van der Waals surface area contributed by atoms with Crippen molar-refractivity contribution in [2.24, 2.45) is 0 Å². The van der Waals surface area contributed by atoms with Gasteiger partial charge in [0, 0.05) is 6.92 Å². The van der Waals surface area contributed by atoms with E-state index in [0.717, 1.165) is 5.56 Å². The van der Waals surface area contributed by atoms with Crippen molar-refractivity contribution >= 4 is 12.1 Å². The van der Waals surface area contributed by atoms with E-state index in [0.29, 0.717) is 0 Å². The molecule has 0 spiro atoms. The van der Waals surface area contributed by atoms with Gasteiger partial charge in [0.2, 0.25) is 0 Å². The molecule has 0 aromatic heterocycles. The summed E-state index contributed by atoms with van der Waals surface area (Å²) >= 11 is 0. The molecule has 1 N–H and O–H groups in total. The molecule has 1 atom stereocenters. The third kappa shape index (κ3) is 5.72. The maximum atomic E-state index is 11.3. The first-order valence-corrected chi connectivity index (χ1v) is 5.87. The molecule has 0 bridgehead atoms. The molecule has 1 aromatic carbocycles. The van der Waals surface area contributed by atoms with Crippen molar-refractivity contribution in [2.75, 3.05) is 13.2 Å². The van der Waals surface area contributed by atoms with E-state index in [9.17, 15) is 9.59 Å². The van der Waals surface area contributed by atoms with Gasteiger partial charge in [0.05, 0.1) is 6.54 Å². The van der Waals surface area contributed by atoms with Crippen LogP contribution in [0, 0.1) is 0 Å². The molecule has 1 aromatic rings. The van der Waals surface area contributed by atoms with Gasteiger partial charge in [-0.05, 0) is 5.56 Å². The van der Waals surface area contributed by atoms with Gasteiger partial charge in [-0.2, -0.15) is 0 Å². The molecule has 102 valence electrons. The number of ether oxygens (including phenoxy) is 2. The minimum atomic E-state index is -0.576. The highest BCUT2D eigenvalue weighted by Gasteiger charge is 2.15. The van der Waals surface area contributed by atoms with Crippen molar-refractivity contribution < 1.29 is 19.1 Å². The van der Waals surface area contributed by atoms with Gasteiger partial charge in [-0.25, -0.2) is 4.79 Å². The number of rotatable bonds is 6. The Hall–Kier alpha value is -2.30. The fourth-order valence-corrected chi connectivity index (χ4v) is 1.46. The maximum Gasteiger partial charge on any atom is 0.407 e. The lowest BCUT2D eigenvalue weighted by Gasteiger charge is -2.17. The molecular weight excluding hydrogens is 246 g/mol. The van der Waals surface area contributed by atoms with Crippen molar-refractivity contribution in [2.45, 2.75) is 13.0 Å². The average Bonchev–Trinajstić information content (AvgIpc) is 2.41. The Kier molecular flexibility index (Phi) is 6.15. The molecule has 0 aliphatic rings. The van der Waals surface area contributed by atoms with Crippen LogP contribution in [0.4, 0.5) is 4.79 Å². The molecular formula is C14H17NO4. The highest BCUT2D eigenvalue weighted by Crippen LogP contribution is 2.16. The minimum Gasteiger partial charge on any atom is -0.456 e. The predicted molar refractivity (Wildman–Crippen MR) is 70.5 cm³/mol. The van der Waals surface area contributed by atoms with Gasteiger partial charge in [-0.15, -0.1) is 0 Å². The molecule has 5 nitrogen and oxygen atoms in total. The number of nitrogens with one attached hydrogen (secondary N) is 1. The molecule has 0 saturated heterocycles. The lowest BCUT2D eigenvalue weighted by molar-refractivity contribution is -0.146. The van der Waals surface area contributed by atoms with Gasteiger partial charge in [0.15, 0.2) is 0 Å². The molecule has 0 aliphatic heterocycles. The average molecular weight is 263 g/mol. The lowest BCUT2D eigenvalue weighted by atomic mass is 10.1. The summed E-state index contributed by atoms with van der Waals surface area (Å²) in [5, 5.41) is 2.54. The maximum absolute atomic E-state index is 11.3. The summed E-state index contributed by atoms with van der Waals surface area (Å²) in [6.45, 7) is 5.05. The summed E-state index contributed by atoms with van der Waals surface area (Å²) < 4.78 is 9.94. The third-order valence-corrected chi connectivity index (χ3v) is 2.24. The predicted octanol–water partition coefficient (Wildman–Crippen LogP) is 2.20. The first kappa shape index (κ1) is 14.8. The van der Waals surface area contributed by atoms with Crippen molar-refractivity contribution in [3.8, 4) is 0 Å². The van der Waals surface area contributed by atoms with E-state index in [2.05, 4.69) is 11.9 Å². The van der Waals surface area contributed by atoms with Crippen LogP contribution in [-0.4, -0.2) is 25.2 Å². The van der Waals surface area contributed by atoms with Gasteiger partial charge in [0.1, 0.15) is 12.7 Å². The van der Waals surface area contributed by atoms with Crippen LogP contribution in [0.25, 0.3) is 0 Å². The second kappa shape index (κ2) is 7.92. The van der Waals surface area contributed by atoms with Crippen molar-refractivity contribution in [1.82, 2.24) is 5.32 Å². The van der Waals surface area contributed by atoms with E-state index < -0.39 is 18.2 Å². The fourth-order valence-electron chi connectivity index (χ4n) is 1.46. The normalized spacial score (nSPS) is 11.2. The van der Waals surface area contributed by atoms with Crippen molar-refractivity contribution in [1.29, 1.82) is 0 Å². The van der Waals surface area contributed by atoms with Crippen LogP contribution in [0.2, 0.25) is 0 Å². The SMILES string of the molecule is C=CCOC(=O)NCC(OC(C)=O)c1ccccc1. The van der Waals surface area contributed by atoms with Gasteiger partial charge in [0.25, 0.3) is 0 Å². The topological polar surface area (TPSA) is 64.6 Å². The van der Waals surface area contributed by atoms with Crippen LogP contribution < -0.4 is 5.32 Å². The Morgan fingerprint density at radius 1 is 1.37 bits per heavy atom. The highest BCUT2D eigenvalue weighted by molar-refractivity contribution is 5.68. The minimum absolute atomic E-state index is 0.134. The fraction of sp³-hybridized carbons (Fsp3) is 0.286. The van der Waals surface area contributed by atoms with E-state index in [1.54, 1.807) is 0 Å². The quantitative estimate of drug-likeness (QED) is 0.631. The Morgan fingerprint density at radius 3 is 2.63 bits per heavy atom. The Labute approximate surface area is 112 Å². The Bertz CT molecular complexity index is 430. The smallest absolute Gasteiger partial charge is 0.407 e. The largest absolute Gasteiger partial charge is 0.456 e. The Balaban J connectivity index is 2.58.